The van der Waals surface area contributed by atoms with Gasteiger partial charge in [-0.25, -0.2) is 0 Å². The number of nitrogens with one attached hydrogen (secondary N) is 1. The highest BCUT2D eigenvalue weighted by Crippen LogP contribution is 2.03. The van der Waals surface area contributed by atoms with Crippen molar-refractivity contribution in [2.45, 2.75) is 0 Å². The number of amides is 1. The molecular weight excluding hydrogens is 192 g/mol. The lowest BCUT2D eigenvalue weighted by molar-refractivity contribution is 0.102. The minimum absolute atomic E-state index is 0.224. The van der Waals surface area contributed by atoms with Gasteiger partial charge >= 0.3 is 0 Å². The summed E-state index contributed by atoms with van der Waals surface area (Å²) in [4.78, 5) is 15.4. The molecule has 0 saturated carbocycles. The molecule has 15 heavy (non-hydrogen) atoms. The molecule has 0 aromatic carbocycles. The van der Waals surface area contributed by atoms with Crippen molar-refractivity contribution in [2.24, 2.45) is 0 Å². The number of nitrogens with zero attached hydrogens (tertiary/aromatic N) is 3. The minimum Gasteiger partial charge on any atom is -0.305 e. The molecule has 5 nitrogen and oxygen atoms in total. The maximum Gasteiger partial charge on any atom is 0.256 e. The number of hydrogen-bond acceptors (Lipinski definition) is 4. The maximum atomic E-state index is 11.6. The van der Waals surface area contributed by atoms with Crippen LogP contribution in [-0.2, 0) is 0 Å². The van der Waals surface area contributed by atoms with Crippen LogP contribution in [0.5, 0.6) is 0 Å². The van der Waals surface area contributed by atoms with E-state index in [-0.39, 0.29) is 5.91 Å². The summed E-state index contributed by atoms with van der Waals surface area (Å²) in [5.41, 5.74) is 0.538. The van der Waals surface area contributed by atoms with Gasteiger partial charge in [0, 0.05) is 24.2 Å². The molecule has 0 unspecified atom stereocenters. The number of anilines is 1. The van der Waals surface area contributed by atoms with Crippen LogP contribution in [0.2, 0.25) is 0 Å². The highest BCUT2D eigenvalue weighted by Gasteiger charge is 2.05. The van der Waals surface area contributed by atoms with Crippen LogP contribution in [0.3, 0.4) is 0 Å². The van der Waals surface area contributed by atoms with Gasteiger partial charge in [-0.15, -0.1) is 5.10 Å². The molecule has 2 aromatic rings. The molecule has 74 valence electrons. The Bertz CT molecular complexity index is 443. The Labute approximate surface area is 86.2 Å². The summed E-state index contributed by atoms with van der Waals surface area (Å²) in [7, 11) is 0. The van der Waals surface area contributed by atoms with Crippen molar-refractivity contribution in [2.75, 3.05) is 5.32 Å². The van der Waals surface area contributed by atoms with Gasteiger partial charge in [-0.3, -0.25) is 9.78 Å². The molecule has 0 atom stereocenters. The lowest BCUT2D eigenvalue weighted by atomic mass is 10.2. The number of pyridine rings is 1. The van der Waals surface area contributed by atoms with Gasteiger partial charge in [-0.1, -0.05) is 0 Å². The zero-order chi connectivity index (χ0) is 10.5. The van der Waals surface area contributed by atoms with E-state index in [0.29, 0.717) is 11.4 Å². The summed E-state index contributed by atoms with van der Waals surface area (Å²) in [6, 6.07) is 6.64. The van der Waals surface area contributed by atoms with Gasteiger partial charge in [0.05, 0.1) is 0 Å². The van der Waals surface area contributed by atoms with Gasteiger partial charge in [-0.2, -0.15) is 5.10 Å². The second-order valence-electron chi connectivity index (χ2n) is 2.80. The van der Waals surface area contributed by atoms with Gasteiger partial charge in [-0.05, 0) is 24.3 Å². The third-order valence-electron chi connectivity index (χ3n) is 1.76. The molecule has 2 aromatic heterocycles. The predicted octanol–water partition coefficient (Wildman–Crippen LogP) is 1.12. The lowest BCUT2D eigenvalue weighted by Gasteiger charge is -2.01. The number of hydrogen-bond donors (Lipinski definition) is 1. The van der Waals surface area contributed by atoms with Gasteiger partial charge in [0.25, 0.3) is 5.91 Å². The Balaban J connectivity index is 2.12. The molecule has 0 bridgehead atoms. The fourth-order valence-electron chi connectivity index (χ4n) is 1.06. The summed E-state index contributed by atoms with van der Waals surface area (Å²) in [5.74, 6) is 0.206. The summed E-state index contributed by atoms with van der Waals surface area (Å²) in [6.45, 7) is 0. The number of aromatic nitrogens is 3. The van der Waals surface area contributed by atoms with Crippen molar-refractivity contribution >= 4 is 11.7 Å². The second-order valence-corrected chi connectivity index (χ2v) is 2.80. The van der Waals surface area contributed by atoms with E-state index >= 15 is 0 Å². The Morgan fingerprint density at radius 1 is 1.13 bits per heavy atom. The van der Waals surface area contributed by atoms with Gasteiger partial charge < -0.3 is 5.32 Å². The molecule has 5 heteroatoms. The third kappa shape index (κ3) is 2.34. The van der Waals surface area contributed by atoms with E-state index in [0.717, 1.165) is 0 Å². The van der Waals surface area contributed by atoms with E-state index in [1.54, 1.807) is 42.9 Å². The van der Waals surface area contributed by atoms with Crippen molar-refractivity contribution in [1.82, 2.24) is 15.2 Å². The largest absolute Gasteiger partial charge is 0.305 e. The molecular formula is C10H8N4O. The van der Waals surface area contributed by atoms with E-state index in [1.165, 1.54) is 0 Å². The van der Waals surface area contributed by atoms with Crippen LogP contribution in [0.25, 0.3) is 0 Å². The molecule has 0 fully saturated rings. The van der Waals surface area contributed by atoms with E-state index in [1.807, 2.05) is 0 Å². The Morgan fingerprint density at radius 2 is 1.93 bits per heavy atom. The zero-order valence-corrected chi connectivity index (χ0v) is 7.79. The smallest absolute Gasteiger partial charge is 0.256 e. The predicted molar refractivity (Wildman–Crippen MR) is 54.2 cm³/mol. The zero-order valence-electron chi connectivity index (χ0n) is 7.79. The summed E-state index contributed by atoms with van der Waals surface area (Å²) < 4.78 is 0. The quantitative estimate of drug-likeness (QED) is 0.788. The van der Waals surface area contributed by atoms with Crippen molar-refractivity contribution in [3.8, 4) is 0 Å². The first-order valence-electron chi connectivity index (χ1n) is 4.35. The fourth-order valence-corrected chi connectivity index (χ4v) is 1.06. The summed E-state index contributed by atoms with van der Waals surface area (Å²) in [6.07, 6.45) is 4.67. The van der Waals surface area contributed by atoms with E-state index in [9.17, 15) is 4.79 Å². The van der Waals surface area contributed by atoms with Crippen molar-refractivity contribution in [3.05, 3.63) is 48.4 Å². The lowest BCUT2D eigenvalue weighted by Crippen LogP contribution is -2.13. The van der Waals surface area contributed by atoms with Gasteiger partial charge in [0.15, 0.2) is 5.82 Å². The third-order valence-corrected chi connectivity index (χ3v) is 1.76. The van der Waals surface area contributed by atoms with Crippen LogP contribution in [0, 0.1) is 0 Å². The average molecular weight is 200 g/mol. The standard InChI is InChI=1S/C10H8N4O/c15-10(8-3-6-11-7-4-8)13-9-2-1-5-12-14-9/h1-7H,(H,13,14,15). The molecule has 2 heterocycles. The number of rotatable bonds is 2. The average Bonchev–Trinajstić information content (AvgIpc) is 2.31. The highest BCUT2D eigenvalue weighted by atomic mass is 16.1. The Hall–Kier alpha value is -2.30. The normalized spacial score (nSPS) is 9.60. The van der Waals surface area contributed by atoms with Crippen LogP contribution in [0.15, 0.2) is 42.9 Å². The molecule has 0 aliphatic carbocycles. The molecule has 0 aliphatic rings. The first kappa shape index (κ1) is 9.26. The van der Waals surface area contributed by atoms with Crippen molar-refractivity contribution in [3.63, 3.8) is 0 Å². The topological polar surface area (TPSA) is 67.8 Å². The molecule has 0 saturated heterocycles. The van der Waals surface area contributed by atoms with E-state index in [2.05, 4.69) is 20.5 Å². The molecule has 0 radical (unpaired) electrons. The highest BCUT2D eigenvalue weighted by molar-refractivity contribution is 6.03. The summed E-state index contributed by atoms with van der Waals surface area (Å²) >= 11 is 0. The molecule has 1 amide bonds. The van der Waals surface area contributed by atoms with Gasteiger partial charge in [0.1, 0.15) is 0 Å². The van der Waals surface area contributed by atoms with Crippen LogP contribution in [0.1, 0.15) is 10.4 Å². The minimum atomic E-state index is -0.224. The maximum absolute atomic E-state index is 11.6. The molecule has 1 N–H and O–H groups in total. The summed E-state index contributed by atoms with van der Waals surface area (Å²) in [5, 5.41) is 10.0. The molecule has 0 spiro atoms. The monoisotopic (exact) mass is 200 g/mol. The first-order valence-corrected chi connectivity index (χ1v) is 4.35. The fraction of sp³-hybridized carbons (Fsp3) is 0. The van der Waals surface area contributed by atoms with Gasteiger partial charge in [0.2, 0.25) is 0 Å². The number of carbonyl (C=O) groups is 1. The Kier molecular flexibility index (Phi) is 2.64. The first-order chi connectivity index (χ1) is 7.36. The van der Waals surface area contributed by atoms with Crippen LogP contribution >= 0.6 is 0 Å². The molecule has 2 rings (SSSR count). The number of carbonyl (C=O) groups excluding carboxylic acids is 1. The second kappa shape index (κ2) is 4.28. The molecule has 0 aliphatic heterocycles. The van der Waals surface area contributed by atoms with Crippen molar-refractivity contribution in [1.29, 1.82) is 0 Å². The van der Waals surface area contributed by atoms with Crippen molar-refractivity contribution < 1.29 is 4.79 Å². The van der Waals surface area contributed by atoms with E-state index in [4.69, 9.17) is 0 Å². The van der Waals surface area contributed by atoms with Crippen LogP contribution in [-0.4, -0.2) is 21.1 Å². The SMILES string of the molecule is O=C(Nc1cccnn1)c1ccncc1. The Morgan fingerprint density at radius 3 is 2.60 bits per heavy atom. The van der Waals surface area contributed by atoms with Crippen LogP contribution < -0.4 is 5.32 Å². The van der Waals surface area contributed by atoms with Crippen LogP contribution in [0.4, 0.5) is 5.82 Å². The van der Waals surface area contributed by atoms with E-state index < -0.39 is 0 Å².